The minimum Gasteiger partial charge on any atom is -0.462 e. The van der Waals surface area contributed by atoms with Gasteiger partial charge in [-0.1, -0.05) is 24.6 Å². The zero-order chi connectivity index (χ0) is 16.3. The van der Waals surface area contributed by atoms with Crippen LogP contribution in [0.1, 0.15) is 37.0 Å². The SMILES string of the molecule is CCOC(=O)[C@@]1(O)CC(CC)=NN1C(=O)c1cccc(Cl)c1. The average molecular weight is 325 g/mol. The van der Waals surface area contributed by atoms with Crippen molar-refractivity contribution >= 4 is 29.2 Å². The van der Waals surface area contributed by atoms with Gasteiger partial charge in [0, 0.05) is 22.7 Å². The molecule has 1 heterocycles. The highest BCUT2D eigenvalue weighted by molar-refractivity contribution is 6.31. The molecule has 0 radical (unpaired) electrons. The maximum Gasteiger partial charge on any atom is 0.362 e. The Morgan fingerprint density at radius 3 is 2.77 bits per heavy atom. The molecule has 1 aromatic carbocycles. The monoisotopic (exact) mass is 324 g/mol. The Kier molecular flexibility index (Phi) is 4.83. The molecule has 2 rings (SSSR count). The summed E-state index contributed by atoms with van der Waals surface area (Å²) in [5.41, 5.74) is -1.33. The topological polar surface area (TPSA) is 79.2 Å². The smallest absolute Gasteiger partial charge is 0.362 e. The van der Waals surface area contributed by atoms with Crippen LogP contribution in [0.3, 0.4) is 0 Å². The molecule has 6 nitrogen and oxygen atoms in total. The Bertz CT molecular complexity index is 632. The zero-order valence-electron chi connectivity index (χ0n) is 12.4. The summed E-state index contributed by atoms with van der Waals surface area (Å²) in [6.07, 6.45) is 0.454. The zero-order valence-corrected chi connectivity index (χ0v) is 13.1. The summed E-state index contributed by atoms with van der Waals surface area (Å²) in [6.45, 7) is 3.56. The van der Waals surface area contributed by atoms with Crippen molar-refractivity contribution in [2.75, 3.05) is 6.61 Å². The van der Waals surface area contributed by atoms with Gasteiger partial charge in [-0.2, -0.15) is 10.1 Å². The van der Waals surface area contributed by atoms with Crippen molar-refractivity contribution in [1.29, 1.82) is 0 Å². The quantitative estimate of drug-likeness (QED) is 0.861. The van der Waals surface area contributed by atoms with Crippen molar-refractivity contribution in [2.24, 2.45) is 5.10 Å². The maximum atomic E-state index is 12.6. The third-order valence-electron chi connectivity index (χ3n) is 3.32. The van der Waals surface area contributed by atoms with E-state index in [2.05, 4.69) is 5.10 Å². The summed E-state index contributed by atoms with van der Waals surface area (Å²) in [6, 6.07) is 6.23. The third kappa shape index (κ3) is 2.98. The number of amides is 1. The van der Waals surface area contributed by atoms with E-state index in [1.807, 2.05) is 6.92 Å². The molecule has 1 atom stereocenters. The van der Waals surface area contributed by atoms with Gasteiger partial charge in [-0.3, -0.25) is 4.79 Å². The molecule has 0 unspecified atom stereocenters. The van der Waals surface area contributed by atoms with Gasteiger partial charge in [0.1, 0.15) is 0 Å². The lowest BCUT2D eigenvalue weighted by atomic mass is 10.0. The van der Waals surface area contributed by atoms with Gasteiger partial charge in [0.25, 0.3) is 11.6 Å². The van der Waals surface area contributed by atoms with Gasteiger partial charge in [-0.05, 0) is 31.5 Å². The Labute approximate surface area is 133 Å². The summed E-state index contributed by atoms with van der Waals surface area (Å²) in [4.78, 5) is 24.7. The molecule has 0 saturated heterocycles. The molecular weight excluding hydrogens is 308 g/mol. The minimum absolute atomic E-state index is 0.0609. The molecule has 0 spiro atoms. The van der Waals surface area contributed by atoms with E-state index in [9.17, 15) is 14.7 Å². The second-order valence-corrected chi connectivity index (χ2v) is 5.30. The number of hydrazone groups is 1. The van der Waals surface area contributed by atoms with E-state index < -0.39 is 17.6 Å². The summed E-state index contributed by atoms with van der Waals surface area (Å²) in [5.74, 6) is -1.50. The maximum absolute atomic E-state index is 12.6. The molecule has 1 N–H and O–H groups in total. The standard InChI is InChI=1S/C15H17ClN2O4/c1-3-12-9-15(21,14(20)22-4-2)18(17-12)13(19)10-6-5-7-11(16)8-10/h5-8,21H,3-4,9H2,1-2H3/t15-/m0/s1. The fraction of sp³-hybridized carbons (Fsp3) is 0.400. The minimum atomic E-state index is -2.11. The van der Waals surface area contributed by atoms with E-state index in [4.69, 9.17) is 16.3 Å². The van der Waals surface area contributed by atoms with Crippen molar-refractivity contribution in [3.63, 3.8) is 0 Å². The van der Waals surface area contributed by atoms with E-state index in [0.29, 0.717) is 17.2 Å². The van der Waals surface area contributed by atoms with Gasteiger partial charge in [0.2, 0.25) is 0 Å². The normalized spacial score (nSPS) is 20.7. The fourth-order valence-electron chi connectivity index (χ4n) is 2.18. The first-order valence-electron chi connectivity index (χ1n) is 6.98. The van der Waals surface area contributed by atoms with Crippen LogP contribution in [0.4, 0.5) is 0 Å². The molecule has 0 fully saturated rings. The van der Waals surface area contributed by atoms with Crippen molar-refractivity contribution in [1.82, 2.24) is 5.01 Å². The average Bonchev–Trinajstić information content (AvgIpc) is 2.85. The number of nitrogens with zero attached hydrogens (tertiary/aromatic N) is 2. The highest BCUT2D eigenvalue weighted by Gasteiger charge is 2.51. The first kappa shape index (κ1) is 16.5. The van der Waals surface area contributed by atoms with E-state index >= 15 is 0 Å². The van der Waals surface area contributed by atoms with Gasteiger partial charge in [0.05, 0.1) is 6.61 Å². The van der Waals surface area contributed by atoms with Crippen LogP contribution in [-0.4, -0.2) is 40.0 Å². The Morgan fingerprint density at radius 1 is 1.45 bits per heavy atom. The van der Waals surface area contributed by atoms with Crippen molar-refractivity contribution in [2.45, 2.75) is 32.4 Å². The molecule has 1 aliphatic heterocycles. The van der Waals surface area contributed by atoms with E-state index in [-0.39, 0.29) is 18.6 Å². The lowest BCUT2D eigenvalue weighted by Gasteiger charge is -2.28. The second kappa shape index (κ2) is 6.46. The van der Waals surface area contributed by atoms with Crippen LogP contribution in [0.25, 0.3) is 0 Å². The molecule has 1 aromatic rings. The number of hydrogen-bond acceptors (Lipinski definition) is 5. The summed E-state index contributed by atoms with van der Waals surface area (Å²) in [5, 5.41) is 15.9. The van der Waals surface area contributed by atoms with Crippen molar-refractivity contribution < 1.29 is 19.4 Å². The van der Waals surface area contributed by atoms with E-state index in [1.165, 1.54) is 6.07 Å². The fourth-order valence-corrected chi connectivity index (χ4v) is 2.37. The number of esters is 1. The van der Waals surface area contributed by atoms with Gasteiger partial charge in [-0.15, -0.1) is 0 Å². The molecule has 22 heavy (non-hydrogen) atoms. The molecule has 118 valence electrons. The van der Waals surface area contributed by atoms with Crippen molar-refractivity contribution in [3.05, 3.63) is 34.9 Å². The number of halogens is 1. The molecule has 7 heteroatoms. The number of hydrogen-bond donors (Lipinski definition) is 1. The molecule has 0 aliphatic carbocycles. The van der Waals surface area contributed by atoms with Crippen LogP contribution in [-0.2, 0) is 9.53 Å². The predicted molar refractivity (Wildman–Crippen MR) is 81.5 cm³/mol. The van der Waals surface area contributed by atoms with E-state index in [0.717, 1.165) is 5.01 Å². The first-order chi connectivity index (χ1) is 10.4. The first-order valence-corrected chi connectivity index (χ1v) is 7.36. The van der Waals surface area contributed by atoms with Gasteiger partial charge in [0.15, 0.2) is 0 Å². The summed E-state index contributed by atoms with van der Waals surface area (Å²) < 4.78 is 4.88. The van der Waals surface area contributed by atoms with Crippen LogP contribution >= 0.6 is 11.6 Å². The third-order valence-corrected chi connectivity index (χ3v) is 3.55. The predicted octanol–water partition coefficient (Wildman–Crippen LogP) is 2.20. The highest BCUT2D eigenvalue weighted by Crippen LogP contribution is 2.30. The molecule has 0 aromatic heterocycles. The Hall–Kier alpha value is -1.92. The van der Waals surface area contributed by atoms with Gasteiger partial charge >= 0.3 is 5.97 Å². The molecule has 1 amide bonds. The number of aliphatic hydroxyl groups is 1. The number of rotatable bonds is 4. The number of carbonyl (C=O) groups excluding carboxylic acids is 2. The molecule has 0 saturated carbocycles. The number of carbonyl (C=O) groups is 2. The Morgan fingerprint density at radius 2 is 2.18 bits per heavy atom. The Balaban J connectivity index is 2.37. The van der Waals surface area contributed by atoms with Crippen LogP contribution in [0, 0.1) is 0 Å². The lowest BCUT2D eigenvalue weighted by Crippen LogP contribution is -2.53. The summed E-state index contributed by atoms with van der Waals surface area (Å²) >= 11 is 5.87. The van der Waals surface area contributed by atoms with Gasteiger partial charge in [-0.25, -0.2) is 4.79 Å². The molecular formula is C15H17ClN2O4. The second-order valence-electron chi connectivity index (χ2n) is 4.86. The van der Waals surface area contributed by atoms with Crippen LogP contribution in [0.15, 0.2) is 29.4 Å². The largest absolute Gasteiger partial charge is 0.462 e. The van der Waals surface area contributed by atoms with Crippen LogP contribution in [0.5, 0.6) is 0 Å². The molecule has 1 aliphatic rings. The van der Waals surface area contributed by atoms with Gasteiger partial charge < -0.3 is 9.84 Å². The number of benzene rings is 1. The van der Waals surface area contributed by atoms with Crippen LogP contribution in [0.2, 0.25) is 5.02 Å². The van der Waals surface area contributed by atoms with Crippen LogP contribution < -0.4 is 0 Å². The van der Waals surface area contributed by atoms with Crippen molar-refractivity contribution in [3.8, 4) is 0 Å². The lowest BCUT2D eigenvalue weighted by molar-refractivity contribution is -0.179. The molecule has 0 bridgehead atoms. The number of ether oxygens (including phenoxy) is 1. The van der Waals surface area contributed by atoms with E-state index in [1.54, 1.807) is 25.1 Å². The summed E-state index contributed by atoms with van der Waals surface area (Å²) in [7, 11) is 0. The highest BCUT2D eigenvalue weighted by atomic mass is 35.5.